The van der Waals surface area contributed by atoms with Crippen LogP contribution in [0, 0.1) is 5.92 Å². The van der Waals surface area contributed by atoms with E-state index in [1.807, 2.05) is 38.1 Å². The molecule has 24 heavy (non-hydrogen) atoms. The highest BCUT2D eigenvalue weighted by molar-refractivity contribution is 5.90. The SMILES string of the molecule is CC(C)C[C@H](NC(=O)N1OCC2=C1c1ccccc1CC2)C(=O)O. The normalized spacial score (nSPS) is 17.5. The number of aryl methyl sites for hydroxylation is 1. The second-order valence-electron chi connectivity index (χ2n) is 6.65. The van der Waals surface area contributed by atoms with E-state index < -0.39 is 18.0 Å². The first kappa shape index (κ1) is 16.5. The lowest BCUT2D eigenvalue weighted by atomic mass is 9.90. The fraction of sp³-hybridized carbons (Fsp3) is 0.444. The first-order valence-electron chi connectivity index (χ1n) is 8.24. The molecule has 1 aromatic rings. The number of hydroxylamine groups is 2. The molecule has 6 heteroatoms. The number of nitrogens with zero attached hydrogens (tertiary/aromatic N) is 1. The summed E-state index contributed by atoms with van der Waals surface area (Å²) < 4.78 is 0. The second-order valence-corrected chi connectivity index (χ2v) is 6.65. The van der Waals surface area contributed by atoms with Crippen molar-refractivity contribution in [2.24, 2.45) is 5.92 Å². The molecule has 0 aromatic heterocycles. The summed E-state index contributed by atoms with van der Waals surface area (Å²) in [5.41, 5.74) is 4.02. The number of amides is 2. The Labute approximate surface area is 141 Å². The number of carbonyl (C=O) groups is 2. The van der Waals surface area contributed by atoms with Gasteiger partial charge in [-0.1, -0.05) is 38.1 Å². The molecule has 2 aliphatic rings. The molecule has 2 amide bonds. The maximum atomic E-state index is 12.6. The number of rotatable bonds is 4. The molecule has 0 fully saturated rings. The highest BCUT2D eigenvalue weighted by atomic mass is 16.7. The van der Waals surface area contributed by atoms with Crippen molar-refractivity contribution in [2.45, 2.75) is 39.2 Å². The molecule has 128 valence electrons. The van der Waals surface area contributed by atoms with Crippen LogP contribution in [0.2, 0.25) is 0 Å². The van der Waals surface area contributed by atoms with Crippen LogP contribution in [0.3, 0.4) is 0 Å². The zero-order chi connectivity index (χ0) is 17.3. The molecule has 1 aliphatic carbocycles. The number of aliphatic carboxylic acids is 1. The average molecular weight is 330 g/mol. The van der Waals surface area contributed by atoms with E-state index in [4.69, 9.17) is 4.84 Å². The van der Waals surface area contributed by atoms with Gasteiger partial charge in [0, 0.05) is 5.56 Å². The van der Waals surface area contributed by atoms with E-state index in [1.54, 1.807) is 0 Å². The third kappa shape index (κ3) is 3.14. The first-order chi connectivity index (χ1) is 11.5. The third-order valence-electron chi connectivity index (χ3n) is 4.36. The predicted octanol–water partition coefficient (Wildman–Crippen LogP) is 2.80. The molecule has 0 spiro atoms. The lowest BCUT2D eigenvalue weighted by molar-refractivity contribution is -0.139. The van der Waals surface area contributed by atoms with Crippen LogP contribution < -0.4 is 5.32 Å². The molecule has 0 saturated carbocycles. The van der Waals surface area contributed by atoms with Crippen molar-refractivity contribution < 1.29 is 19.5 Å². The molecule has 1 heterocycles. The standard InChI is InChI=1S/C18H22N2O4/c1-11(2)9-15(17(21)22)19-18(23)20-16-13(10-24-20)8-7-12-5-3-4-6-14(12)16/h3-6,11,15H,7-10H2,1-2H3,(H,19,23)(H,21,22)/t15-/m0/s1. The van der Waals surface area contributed by atoms with Gasteiger partial charge in [0.25, 0.3) is 0 Å². The molecule has 2 N–H and O–H groups in total. The Morgan fingerprint density at radius 3 is 2.75 bits per heavy atom. The van der Waals surface area contributed by atoms with Gasteiger partial charge in [0.15, 0.2) is 0 Å². The van der Waals surface area contributed by atoms with Gasteiger partial charge in [-0.15, -0.1) is 0 Å². The van der Waals surface area contributed by atoms with Crippen molar-refractivity contribution in [1.29, 1.82) is 0 Å². The number of nitrogens with one attached hydrogen (secondary N) is 1. The molecule has 0 unspecified atom stereocenters. The maximum absolute atomic E-state index is 12.6. The number of urea groups is 1. The van der Waals surface area contributed by atoms with Gasteiger partial charge in [-0.05, 0) is 36.3 Å². The molecular weight excluding hydrogens is 308 g/mol. The van der Waals surface area contributed by atoms with Crippen molar-refractivity contribution in [3.05, 3.63) is 41.0 Å². The smallest absolute Gasteiger partial charge is 0.346 e. The molecule has 1 aromatic carbocycles. The predicted molar refractivity (Wildman–Crippen MR) is 88.9 cm³/mol. The molecule has 1 aliphatic heterocycles. The molecule has 0 bridgehead atoms. The maximum Gasteiger partial charge on any atom is 0.346 e. The molecule has 0 radical (unpaired) electrons. The Bertz CT molecular complexity index is 696. The third-order valence-corrected chi connectivity index (χ3v) is 4.36. The number of fused-ring (bicyclic) bond motifs is 2. The van der Waals surface area contributed by atoms with Gasteiger partial charge in [-0.25, -0.2) is 9.59 Å². The van der Waals surface area contributed by atoms with Gasteiger partial charge >= 0.3 is 12.0 Å². The molecule has 3 rings (SSSR count). The summed E-state index contributed by atoms with van der Waals surface area (Å²) >= 11 is 0. The summed E-state index contributed by atoms with van der Waals surface area (Å²) in [5, 5.41) is 13.1. The Morgan fingerprint density at radius 1 is 1.29 bits per heavy atom. The Morgan fingerprint density at radius 2 is 2.04 bits per heavy atom. The zero-order valence-corrected chi connectivity index (χ0v) is 13.9. The lowest BCUT2D eigenvalue weighted by Crippen LogP contribution is -2.47. The Kier molecular flexibility index (Phi) is 4.57. The van der Waals surface area contributed by atoms with E-state index in [9.17, 15) is 14.7 Å². The largest absolute Gasteiger partial charge is 0.480 e. The minimum absolute atomic E-state index is 0.163. The van der Waals surface area contributed by atoms with E-state index in [2.05, 4.69) is 5.32 Å². The fourth-order valence-electron chi connectivity index (χ4n) is 3.23. The number of carboxylic acids is 1. The fourth-order valence-corrected chi connectivity index (χ4v) is 3.23. The van der Waals surface area contributed by atoms with Crippen molar-refractivity contribution in [2.75, 3.05) is 6.61 Å². The van der Waals surface area contributed by atoms with Crippen LogP contribution in [0.1, 0.15) is 37.8 Å². The zero-order valence-electron chi connectivity index (χ0n) is 13.9. The summed E-state index contributed by atoms with van der Waals surface area (Å²) in [7, 11) is 0. The van der Waals surface area contributed by atoms with Crippen LogP contribution in [-0.2, 0) is 16.1 Å². The summed E-state index contributed by atoms with van der Waals surface area (Å²) in [6, 6.07) is 6.48. The minimum Gasteiger partial charge on any atom is -0.480 e. The summed E-state index contributed by atoms with van der Waals surface area (Å²) in [6.45, 7) is 4.22. The van der Waals surface area contributed by atoms with Crippen LogP contribution in [0.15, 0.2) is 29.8 Å². The van der Waals surface area contributed by atoms with Crippen LogP contribution in [0.4, 0.5) is 4.79 Å². The minimum atomic E-state index is -1.03. The highest BCUT2D eigenvalue weighted by Crippen LogP contribution is 2.38. The van der Waals surface area contributed by atoms with Crippen LogP contribution >= 0.6 is 0 Å². The van der Waals surface area contributed by atoms with Gasteiger partial charge in [-0.3, -0.25) is 4.84 Å². The molecule has 0 saturated heterocycles. The number of hydrogen-bond acceptors (Lipinski definition) is 3. The Balaban J connectivity index is 1.81. The van der Waals surface area contributed by atoms with Gasteiger partial charge < -0.3 is 10.4 Å². The topological polar surface area (TPSA) is 78.9 Å². The van der Waals surface area contributed by atoms with Crippen LogP contribution in [0.25, 0.3) is 5.70 Å². The van der Waals surface area contributed by atoms with E-state index in [1.165, 1.54) is 10.6 Å². The molecule has 6 nitrogen and oxygen atoms in total. The van der Waals surface area contributed by atoms with Gasteiger partial charge in [0.2, 0.25) is 0 Å². The van der Waals surface area contributed by atoms with E-state index >= 15 is 0 Å². The van der Waals surface area contributed by atoms with Crippen molar-refractivity contribution in [3.63, 3.8) is 0 Å². The second kappa shape index (κ2) is 6.65. The van der Waals surface area contributed by atoms with Gasteiger partial charge in [0.05, 0.1) is 12.3 Å². The van der Waals surface area contributed by atoms with Gasteiger partial charge in [-0.2, -0.15) is 5.06 Å². The number of hydrogen-bond donors (Lipinski definition) is 2. The lowest BCUT2D eigenvalue weighted by Gasteiger charge is -2.25. The Hall–Kier alpha value is -2.34. The quantitative estimate of drug-likeness (QED) is 0.890. The monoisotopic (exact) mass is 330 g/mol. The molecular formula is C18H22N2O4. The van der Waals surface area contributed by atoms with E-state index in [0.717, 1.165) is 29.7 Å². The average Bonchev–Trinajstić information content (AvgIpc) is 2.98. The van der Waals surface area contributed by atoms with Crippen LogP contribution in [-0.4, -0.2) is 34.8 Å². The van der Waals surface area contributed by atoms with E-state index in [0.29, 0.717) is 13.0 Å². The van der Waals surface area contributed by atoms with E-state index in [-0.39, 0.29) is 5.92 Å². The van der Waals surface area contributed by atoms with Crippen molar-refractivity contribution in [3.8, 4) is 0 Å². The summed E-state index contributed by atoms with van der Waals surface area (Å²) in [4.78, 5) is 29.5. The van der Waals surface area contributed by atoms with Crippen LogP contribution in [0.5, 0.6) is 0 Å². The summed E-state index contributed by atoms with van der Waals surface area (Å²) in [5.74, 6) is -0.870. The number of carboxylic acid groups (broad SMARTS) is 1. The van der Waals surface area contributed by atoms with Gasteiger partial charge in [0.1, 0.15) is 6.04 Å². The summed E-state index contributed by atoms with van der Waals surface area (Å²) in [6.07, 6.45) is 2.15. The molecule has 1 atom stereocenters. The number of carbonyl (C=O) groups excluding carboxylic acids is 1. The highest BCUT2D eigenvalue weighted by Gasteiger charge is 2.35. The number of benzene rings is 1. The first-order valence-corrected chi connectivity index (χ1v) is 8.24. The van der Waals surface area contributed by atoms with Crippen molar-refractivity contribution >= 4 is 17.7 Å². The van der Waals surface area contributed by atoms with Crippen molar-refractivity contribution in [1.82, 2.24) is 10.4 Å².